The number of nitrogens with two attached hydrogens (primary N) is 1. The minimum atomic E-state index is -0.559. The highest BCUT2D eigenvalue weighted by Crippen LogP contribution is 2.31. The molecule has 0 aliphatic carbocycles. The molecule has 1 saturated heterocycles. The molecule has 0 saturated carbocycles. The zero-order chi connectivity index (χ0) is 15.7. The van der Waals surface area contributed by atoms with Crippen molar-refractivity contribution in [3.05, 3.63) is 24.2 Å². The normalized spacial score (nSPS) is 18.0. The first-order valence-corrected chi connectivity index (χ1v) is 7.55. The Morgan fingerprint density at radius 1 is 1.24 bits per heavy atom. The Kier molecular flexibility index (Phi) is 4.44. The molecule has 1 amide bonds. The van der Waals surface area contributed by atoms with Gasteiger partial charge in [-0.15, -0.1) is 0 Å². The maximum absolute atomic E-state index is 12.7. The molecule has 2 N–H and O–H groups in total. The molecule has 0 aromatic carbocycles. The van der Waals surface area contributed by atoms with Crippen LogP contribution in [0.5, 0.6) is 0 Å². The number of hydrogen-bond acceptors (Lipinski definition) is 4. The fraction of sp³-hybridized carbons (Fsp3) is 0.688. The Morgan fingerprint density at radius 3 is 2.33 bits per heavy atom. The van der Waals surface area contributed by atoms with Crippen LogP contribution in [0.3, 0.4) is 0 Å². The number of amides is 1. The van der Waals surface area contributed by atoms with E-state index >= 15 is 0 Å². The molecule has 1 aliphatic rings. The first-order chi connectivity index (χ1) is 9.72. The van der Waals surface area contributed by atoms with E-state index in [9.17, 15) is 4.79 Å². The molecule has 21 heavy (non-hydrogen) atoms. The Morgan fingerprint density at radius 2 is 1.86 bits per heavy atom. The summed E-state index contributed by atoms with van der Waals surface area (Å²) in [4.78, 5) is 16.9. The van der Waals surface area contributed by atoms with Crippen molar-refractivity contribution < 1.29 is 9.21 Å². The standard InChI is InChI=1S/C16H27N3O2/c1-15(2,16(3,4)17)14(20)19-9-7-18(8-10-19)12-13-6-5-11-21-13/h5-6,11H,7-10,12,17H2,1-4H3. The van der Waals surface area contributed by atoms with Crippen molar-refractivity contribution in [3.63, 3.8) is 0 Å². The van der Waals surface area contributed by atoms with Gasteiger partial charge in [-0.3, -0.25) is 9.69 Å². The van der Waals surface area contributed by atoms with E-state index in [1.165, 1.54) is 0 Å². The molecular weight excluding hydrogens is 266 g/mol. The van der Waals surface area contributed by atoms with E-state index in [2.05, 4.69) is 4.90 Å². The second-order valence-electron chi connectivity index (χ2n) is 6.99. The van der Waals surface area contributed by atoms with Gasteiger partial charge in [-0.25, -0.2) is 0 Å². The maximum atomic E-state index is 12.7. The molecule has 0 bridgehead atoms. The molecule has 1 aliphatic heterocycles. The predicted octanol–water partition coefficient (Wildman–Crippen LogP) is 1.69. The van der Waals surface area contributed by atoms with Crippen molar-refractivity contribution in [3.8, 4) is 0 Å². The van der Waals surface area contributed by atoms with Crippen molar-refractivity contribution in [2.24, 2.45) is 11.1 Å². The van der Waals surface area contributed by atoms with Crippen LogP contribution >= 0.6 is 0 Å². The summed E-state index contributed by atoms with van der Waals surface area (Å²) in [6.07, 6.45) is 1.70. The Bertz CT molecular complexity index is 466. The van der Waals surface area contributed by atoms with Crippen LogP contribution in [0.2, 0.25) is 0 Å². The van der Waals surface area contributed by atoms with Gasteiger partial charge < -0.3 is 15.1 Å². The van der Waals surface area contributed by atoms with Crippen LogP contribution in [0.1, 0.15) is 33.5 Å². The third-order valence-electron chi connectivity index (χ3n) is 4.76. The first kappa shape index (κ1) is 16.0. The minimum absolute atomic E-state index is 0.146. The van der Waals surface area contributed by atoms with Gasteiger partial charge in [-0.2, -0.15) is 0 Å². The van der Waals surface area contributed by atoms with Gasteiger partial charge in [0.25, 0.3) is 0 Å². The van der Waals surface area contributed by atoms with Crippen LogP contribution in [0.25, 0.3) is 0 Å². The molecule has 1 fully saturated rings. The molecule has 118 valence electrons. The number of nitrogens with zero attached hydrogens (tertiary/aromatic N) is 2. The summed E-state index contributed by atoms with van der Waals surface area (Å²) in [5.74, 6) is 1.12. The van der Waals surface area contributed by atoms with E-state index in [0.717, 1.165) is 38.5 Å². The fourth-order valence-electron chi connectivity index (χ4n) is 2.40. The summed E-state index contributed by atoms with van der Waals surface area (Å²) in [7, 11) is 0. The van der Waals surface area contributed by atoms with Crippen molar-refractivity contribution in [2.75, 3.05) is 26.2 Å². The Labute approximate surface area is 127 Å². The molecule has 2 heterocycles. The third kappa shape index (κ3) is 3.47. The van der Waals surface area contributed by atoms with Gasteiger partial charge in [0.15, 0.2) is 0 Å². The maximum Gasteiger partial charge on any atom is 0.230 e. The molecule has 5 nitrogen and oxygen atoms in total. The topological polar surface area (TPSA) is 62.7 Å². The highest BCUT2D eigenvalue weighted by molar-refractivity contribution is 5.83. The Hall–Kier alpha value is -1.33. The molecular formula is C16H27N3O2. The highest BCUT2D eigenvalue weighted by Gasteiger charge is 2.43. The van der Waals surface area contributed by atoms with Gasteiger partial charge in [0.1, 0.15) is 5.76 Å². The van der Waals surface area contributed by atoms with Crippen molar-refractivity contribution in [1.82, 2.24) is 9.80 Å². The lowest BCUT2D eigenvalue weighted by molar-refractivity contribution is -0.145. The largest absolute Gasteiger partial charge is 0.468 e. The molecule has 5 heteroatoms. The van der Waals surface area contributed by atoms with E-state index in [0.29, 0.717) is 0 Å². The van der Waals surface area contributed by atoms with Crippen LogP contribution < -0.4 is 5.73 Å². The Balaban J connectivity index is 1.90. The number of carbonyl (C=O) groups is 1. The lowest BCUT2D eigenvalue weighted by Gasteiger charge is -2.43. The summed E-state index contributed by atoms with van der Waals surface area (Å²) in [6.45, 7) is 11.7. The predicted molar refractivity (Wildman–Crippen MR) is 82.6 cm³/mol. The number of furan rings is 1. The van der Waals surface area contributed by atoms with Crippen LogP contribution in [0.15, 0.2) is 22.8 Å². The lowest BCUT2D eigenvalue weighted by atomic mass is 9.74. The second-order valence-corrected chi connectivity index (χ2v) is 6.99. The van der Waals surface area contributed by atoms with Gasteiger partial charge >= 0.3 is 0 Å². The quantitative estimate of drug-likeness (QED) is 0.917. The lowest BCUT2D eigenvalue weighted by Crippen LogP contribution is -2.59. The van der Waals surface area contributed by atoms with Crippen molar-refractivity contribution in [2.45, 2.75) is 39.8 Å². The monoisotopic (exact) mass is 293 g/mol. The average Bonchev–Trinajstić information content (AvgIpc) is 2.90. The zero-order valence-electron chi connectivity index (χ0n) is 13.6. The molecule has 2 rings (SSSR count). The number of carbonyl (C=O) groups excluding carboxylic acids is 1. The molecule has 1 aromatic heterocycles. The molecule has 0 atom stereocenters. The zero-order valence-corrected chi connectivity index (χ0v) is 13.6. The summed E-state index contributed by atoms with van der Waals surface area (Å²) < 4.78 is 5.37. The smallest absolute Gasteiger partial charge is 0.230 e. The number of piperazine rings is 1. The SMILES string of the molecule is CC(C)(N)C(C)(C)C(=O)N1CCN(Cc2ccco2)CC1. The number of rotatable bonds is 4. The van der Waals surface area contributed by atoms with E-state index in [-0.39, 0.29) is 5.91 Å². The molecule has 0 radical (unpaired) electrons. The van der Waals surface area contributed by atoms with Crippen molar-refractivity contribution >= 4 is 5.91 Å². The van der Waals surface area contributed by atoms with Gasteiger partial charge in [0.2, 0.25) is 5.91 Å². The first-order valence-electron chi connectivity index (χ1n) is 7.55. The average molecular weight is 293 g/mol. The van der Waals surface area contributed by atoms with Gasteiger partial charge in [0.05, 0.1) is 18.2 Å². The molecule has 1 aromatic rings. The van der Waals surface area contributed by atoms with Crippen molar-refractivity contribution in [1.29, 1.82) is 0 Å². The van der Waals surface area contributed by atoms with Gasteiger partial charge in [-0.1, -0.05) is 0 Å². The summed E-state index contributed by atoms with van der Waals surface area (Å²) in [5.41, 5.74) is 5.08. The van der Waals surface area contributed by atoms with E-state index in [1.807, 2.05) is 44.7 Å². The van der Waals surface area contributed by atoms with Crippen LogP contribution in [-0.4, -0.2) is 47.4 Å². The van der Waals surface area contributed by atoms with Crippen LogP contribution in [0.4, 0.5) is 0 Å². The fourth-order valence-corrected chi connectivity index (χ4v) is 2.40. The van der Waals surface area contributed by atoms with Crippen LogP contribution in [0, 0.1) is 5.41 Å². The second kappa shape index (κ2) is 5.81. The van der Waals surface area contributed by atoms with E-state index in [4.69, 9.17) is 10.2 Å². The summed E-state index contributed by atoms with van der Waals surface area (Å²) >= 11 is 0. The molecule has 0 unspecified atom stereocenters. The summed E-state index contributed by atoms with van der Waals surface area (Å²) in [5, 5.41) is 0. The van der Waals surface area contributed by atoms with Gasteiger partial charge in [0, 0.05) is 31.7 Å². The van der Waals surface area contributed by atoms with E-state index in [1.54, 1.807) is 6.26 Å². The van der Waals surface area contributed by atoms with Crippen LogP contribution in [-0.2, 0) is 11.3 Å². The number of hydrogen-bond donors (Lipinski definition) is 1. The van der Waals surface area contributed by atoms with Gasteiger partial charge in [-0.05, 0) is 39.8 Å². The summed E-state index contributed by atoms with van der Waals surface area (Å²) in [6, 6.07) is 3.89. The molecule has 0 spiro atoms. The third-order valence-corrected chi connectivity index (χ3v) is 4.76. The highest BCUT2D eigenvalue weighted by atomic mass is 16.3. The minimum Gasteiger partial charge on any atom is -0.468 e. The van der Waals surface area contributed by atoms with E-state index < -0.39 is 11.0 Å².